The molecule has 0 aliphatic heterocycles. The van der Waals surface area contributed by atoms with E-state index in [2.05, 4.69) is 20.7 Å². The largest absolute Gasteiger partial charge is 0.385 e. The maximum atomic E-state index is 5.35. The molecular weight excluding hydrogens is 234 g/mol. The Kier molecular flexibility index (Phi) is 7.00. The Morgan fingerprint density at radius 2 is 1.94 bits per heavy atom. The summed E-state index contributed by atoms with van der Waals surface area (Å²) in [6, 6.07) is 1.76. The highest BCUT2D eigenvalue weighted by molar-refractivity contribution is 5.46. The van der Waals surface area contributed by atoms with E-state index in [-0.39, 0.29) is 0 Å². The summed E-state index contributed by atoms with van der Waals surface area (Å²) in [6.45, 7) is 1.96. The van der Waals surface area contributed by atoms with Gasteiger partial charge in [-0.2, -0.15) is 0 Å². The Labute approximate surface area is 107 Å². The summed E-state index contributed by atoms with van der Waals surface area (Å²) in [6.07, 6.45) is 2.03. The zero-order valence-corrected chi connectivity index (χ0v) is 10.9. The van der Waals surface area contributed by atoms with Crippen LogP contribution in [0.2, 0.25) is 0 Å². The van der Waals surface area contributed by atoms with E-state index in [9.17, 15) is 0 Å². The summed E-state index contributed by atoms with van der Waals surface area (Å²) >= 11 is 0. The quantitative estimate of drug-likeness (QED) is 0.340. The van der Waals surface area contributed by atoms with Crippen LogP contribution < -0.4 is 16.6 Å². The van der Waals surface area contributed by atoms with E-state index in [0.29, 0.717) is 18.2 Å². The normalized spacial score (nSPS) is 10.4. The van der Waals surface area contributed by atoms with Gasteiger partial charge in [-0.25, -0.2) is 15.8 Å². The highest BCUT2D eigenvalue weighted by Crippen LogP contribution is 2.11. The molecule has 7 nitrogen and oxygen atoms in total. The van der Waals surface area contributed by atoms with Crippen LogP contribution in [0.1, 0.15) is 18.7 Å². The molecule has 1 aromatic rings. The molecule has 18 heavy (non-hydrogen) atoms. The first-order valence-corrected chi connectivity index (χ1v) is 5.86. The molecule has 1 heterocycles. The van der Waals surface area contributed by atoms with Gasteiger partial charge in [0.15, 0.2) is 5.82 Å². The summed E-state index contributed by atoms with van der Waals surface area (Å²) in [5, 5.41) is 3.22. The van der Waals surface area contributed by atoms with Crippen molar-refractivity contribution in [2.75, 3.05) is 38.1 Å². The van der Waals surface area contributed by atoms with Gasteiger partial charge in [0.05, 0.1) is 0 Å². The minimum atomic E-state index is 0.355. The third-order valence-electron chi connectivity index (χ3n) is 2.28. The van der Waals surface area contributed by atoms with Crippen molar-refractivity contribution in [2.24, 2.45) is 5.84 Å². The first kappa shape index (κ1) is 14.6. The van der Waals surface area contributed by atoms with Crippen molar-refractivity contribution in [1.82, 2.24) is 9.97 Å². The molecule has 0 atom stereocenters. The second-order valence-electron chi connectivity index (χ2n) is 3.76. The molecule has 102 valence electrons. The number of nitrogens with one attached hydrogen (secondary N) is 2. The second kappa shape index (κ2) is 8.62. The van der Waals surface area contributed by atoms with Crippen molar-refractivity contribution in [3.8, 4) is 0 Å². The number of ether oxygens (including phenoxy) is 2. The number of hydrazine groups is 1. The number of aromatic nitrogens is 2. The first-order chi connectivity index (χ1) is 8.80. The van der Waals surface area contributed by atoms with Crippen molar-refractivity contribution in [2.45, 2.75) is 19.4 Å². The minimum absolute atomic E-state index is 0.355. The van der Waals surface area contributed by atoms with Gasteiger partial charge in [0.2, 0.25) is 0 Å². The van der Waals surface area contributed by atoms with E-state index in [0.717, 1.165) is 31.8 Å². The van der Waals surface area contributed by atoms with Crippen molar-refractivity contribution in [3.63, 3.8) is 0 Å². The molecule has 1 aromatic heterocycles. The van der Waals surface area contributed by atoms with Gasteiger partial charge in [-0.15, -0.1) is 0 Å². The molecule has 1 rings (SSSR count). The number of nitrogen functional groups attached to an aromatic ring is 1. The van der Waals surface area contributed by atoms with Gasteiger partial charge < -0.3 is 20.2 Å². The van der Waals surface area contributed by atoms with Crippen molar-refractivity contribution >= 4 is 11.6 Å². The molecule has 0 aromatic carbocycles. The van der Waals surface area contributed by atoms with Crippen LogP contribution in [0.3, 0.4) is 0 Å². The van der Waals surface area contributed by atoms with Crippen LogP contribution in [0.4, 0.5) is 11.6 Å². The molecule has 4 N–H and O–H groups in total. The highest BCUT2D eigenvalue weighted by atomic mass is 16.5. The van der Waals surface area contributed by atoms with Gasteiger partial charge in [-0.1, -0.05) is 0 Å². The number of hydrogen-bond acceptors (Lipinski definition) is 7. The molecule has 0 saturated heterocycles. The lowest BCUT2D eigenvalue weighted by molar-refractivity contribution is 0.178. The molecule has 0 unspecified atom stereocenters. The number of rotatable bonds is 9. The molecule has 0 aliphatic carbocycles. The number of hydrogen-bond donors (Lipinski definition) is 3. The maximum absolute atomic E-state index is 5.35. The van der Waals surface area contributed by atoms with Crippen molar-refractivity contribution < 1.29 is 9.47 Å². The van der Waals surface area contributed by atoms with Crippen LogP contribution >= 0.6 is 0 Å². The Balaban J connectivity index is 2.50. The van der Waals surface area contributed by atoms with Crippen LogP contribution in [0, 0.1) is 0 Å². The van der Waals surface area contributed by atoms with E-state index in [4.69, 9.17) is 15.3 Å². The summed E-state index contributed by atoms with van der Waals surface area (Å²) in [5.41, 5.74) is 2.51. The third-order valence-corrected chi connectivity index (χ3v) is 2.28. The van der Waals surface area contributed by atoms with Crippen LogP contribution in [0.5, 0.6) is 0 Å². The molecular formula is C11H21N5O2. The lowest BCUT2D eigenvalue weighted by atomic mass is 10.3. The topological polar surface area (TPSA) is 94.3 Å². The van der Waals surface area contributed by atoms with Crippen LogP contribution in [-0.4, -0.2) is 37.3 Å². The number of nitrogens with zero attached hydrogens (tertiary/aromatic N) is 2. The second-order valence-corrected chi connectivity index (χ2v) is 3.76. The Hall–Kier alpha value is -1.44. The molecule has 0 saturated carbocycles. The molecule has 0 fully saturated rings. The summed E-state index contributed by atoms with van der Waals surface area (Å²) in [7, 11) is 3.30. The zero-order valence-electron chi connectivity index (χ0n) is 10.9. The van der Waals surface area contributed by atoms with Crippen LogP contribution in [0.25, 0.3) is 0 Å². The van der Waals surface area contributed by atoms with Gasteiger partial charge in [0, 0.05) is 33.4 Å². The highest BCUT2D eigenvalue weighted by Gasteiger charge is 2.03. The smallest absolute Gasteiger partial charge is 0.158 e. The lowest BCUT2D eigenvalue weighted by Gasteiger charge is -2.09. The molecule has 0 bridgehead atoms. The van der Waals surface area contributed by atoms with E-state index in [1.165, 1.54) is 0 Å². The van der Waals surface area contributed by atoms with Crippen molar-refractivity contribution in [1.29, 1.82) is 0 Å². The number of anilines is 2. The average Bonchev–Trinajstić information content (AvgIpc) is 2.38. The van der Waals surface area contributed by atoms with Crippen LogP contribution in [0.15, 0.2) is 6.07 Å². The molecule has 0 radical (unpaired) electrons. The van der Waals surface area contributed by atoms with Gasteiger partial charge in [0.1, 0.15) is 18.2 Å². The molecule has 0 amide bonds. The van der Waals surface area contributed by atoms with Crippen molar-refractivity contribution in [3.05, 3.63) is 11.9 Å². The summed E-state index contributed by atoms with van der Waals surface area (Å²) in [4.78, 5) is 8.48. The predicted molar refractivity (Wildman–Crippen MR) is 70.2 cm³/mol. The maximum Gasteiger partial charge on any atom is 0.158 e. The van der Waals surface area contributed by atoms with Gasteiger partial charge in [0.25, 0.3) is 0 Å². The zero-order chi connectivity index (χ0) is 13.2. The van der Waals surface area contributed by atoms with E-state index in [1.807, 2.05) is 0 Å². The number of nitrogens with two attached hydrogens (primary N) is 1. The summed E-state index contributed by atoms with van der Waals surface area (Å²) in [5.74, 6) is 7.25. The van der Waals surface area contributed by atoms with Gasteiger partial charge in [-0.05, 0) is 12.8 Å². The Morgan fingerprint density at radius 1 is 1.17 bits per heavy atom. The van der Waals surface area contributed by atoms with E-state index >= 15 is 0 Å². The Morgan fingerprint density at radius 3 is 2.61 bits per heavy atom. The fraction of sp³-hybridized carbons (Fsp3) is 0.636. The van der Waals surface area contributed by atoms with Gasteiger partial charge in [-0.3, -0.25) is 0 Å². The van der Waals surface area contributed by atoms with E-state index in [1.54, 1.807) is 20.3 Å². The van der Waals surface area contributed by atoms with Gasteiger partial charge >= 0.3 is 0 Å². The molecule has 0 spiro atoms. The average molecular weight is 255 g/mol. The fourth-order valence-corrected chi connectivity index (χ4v) is 1.44. The number of unbranched alkanes of at least 4 members (excludes halogenated alkanes) is 1. The third kappa shape index (κ3) is 5.26. The lowest BCUT2D eigenvalue weighted by Crippen LogP contribution is -2.13. The summed E-state index contributed by atoms with van der Waals surface area (Å²) < 4.78 is 9.99. The fourth-order valence-electron chi connectivity index (χ4n) is 1.44. The Bertz CT molecular complexity index is 348. The first-order valence-electron chi connectivity index (χ1n) is 5.86. The number of methoxy groups -OCH3 is 2. The van der Waals surface area contributed by atoms with E-state index < -0.39 is 0 Å². The minimum Gasteiger partial charge on any atom is -0.385 e. The van der Waals surface area contributed by atoms with Crippen LogP contribution in [-0.2, 0) is 16.1 Å². The monoisotopic (exact) mass is 255 g/mol. The SMILES string of the molecule is COCCCCNc1cc(NN)nc(COC)n1. The predicted octanol–water partition coefficient (Wildman–Crippen LogP) is 0.747. The molecule has 0 aliphatic rings. The molecule has 7 heteroatoms. The standard InChI is InChI=1S/C11H21N5O2/c1-17-6-4-3-5-13-9-7-10(16-12)15-11(14-9)8-18-2/h7H,3-6,8,12H2,1-2H3,(H2,13,14,15,16).